The summed E-state index contributed by atoms with van der Waals surface area (Å²) in [6, 6.07) is 9.84. The number of likely N-dealkylation sites (tertiary alicyclic amines) is 1. The van der Waals surface area contributed by atoms with Gasteiger partial charge >= 0.3 is 6.18 Å². The van der Waals surface area contributed by atoms with E-state index in [4.69, 9.17) is 0 Å². The number of carbonyl (C=O) groups is 1. The third kappa shape index (κ3) is 4.09. The zero-order valence-corrected chi connectivity index (χ0v) is 14.1. The first-order chi connectivity index (χ1) is 11.1. The number of rotatable bonds is 4. The quantitative estimate of drug-likeness (QED) is 0.906. The van der Waals surface area contributed by atoms with Crippen molar-refractivity contribution in [1.82, 2.24) is 4.90 Å². The van der Waals surface area contributed by atoms with Crippen molar-refractivity contribution in [3.63, 3.8) is 0 Å². The van der Waals surface area contributed by atoms with E-state index in [0.29, 0.717) is 6.42 Å². The highest BCUT2D eigenvalue weighted by Gasteiger charge is 2.54. The molecule has 0 aliphatic carbocycles. The maximum absolute atomic E-state index is 12.8. The maximum Gasteiger partial charge on any atom is 0.417 e. The molecule has 1 heterocycles. The molecule has 134 valence electrons. The fraction of sp³-hybridized carbons (Fsp3) is 0.611. The molecule has 0 bridgehead atoms. The number of carbonyl (C=O) groups excluding carboxylic acids is 1. The minimum atomic E-state index is -4.64. The van der Waals surface area contributed by atoms with Crippen LogP contribution in [-0.4, -0.2) is 40.8 Å². The zero-order chi connectivity index (χ0) is 18.0. The lowest BCUT2D eigenvalue weighted by molar-refractivity contribution is -0.272. The Morgan fingerprint density at radius 1 is 1.17 bits per heavy atom. The van der Waals surface area contributed by atoms with Crippen LogP contribution in [0.4, 0.5) is 13.2 Å². The van der Waals surface area contributed by atoms with E-state index in [-0.39, 0.29) is 30.8 Å². The molecule has 1 saturated heterocycles. The number of benzene rings is 1. The van der Waals surface area contributed by atoms with E-state index in [1.165, 1.54) is 4.90 Å². The summed E-state index contributed by atoms with van der Waals surface area (Å²) in [5, 5.41) is 9.65. The van der Waals surface area contributed by atoms with Crippen LogP contribution in [0.15, 0.2) is 30.3 Å². The first-order valence-electron chi connectivity index (χ1n) is 8.18. The normalized spacial score (nSPS) is 18.5. The molecule has 1 aromatic rings. The van der Waals surface area contributed by atoms with Crippen molar-refractivity contribution in [3.8, 4) is 0 Å². The minimum Gasteiger partial charge on any atom is -0.380 e. The van der Waals surface area contributed by atoms with Gasteiger partial charge in [0.25, 0.3) is 0 Å². The van der Waals surface area contributed by atoms with E-state index < -0.39 is 24.6 Å². The van der Waals surface area contributed by atoms with Gasteiger partial charge in [0.2, 0.25) is 5.91 Å². The number of hydrogen-bond acceptors (Lipinski definition) is 2. The van der Waals surface area contributed by atoms with Crippen LogP contribution in [0.1, 0.15) is 45.1 Å². The number of hydrogen-bond donors (Lipinski definition) is 1. The van der Waals surface area contributed by atoms with E-state index in [1.807, 2.05) is 44.2 Å². The molecule has 0 saturated carbocycles. The van der Waals surface area contributed by atoms with Crippen LogP contribution in [0, 0.1) is 0 Å². The van der Waals surface area contributed by atoms with E-state index in [2.05, 4.69) is 0 Å². The predicted molar refractivity (Wildman–Crippen MR) is 85.5 cm³/mol. The number of alkyl halides is 3. The Balaban J connectivity index is 1.88. The van der Waals surface area contributed by atoms with Crippen LogP contribution in [0.2, 0.25) is 0 Å². The monoisotopic (exact) mass is 343 g/mol. The fourth-order valence-corrected chi connectivity index (χ4v) is 3.02. The van der Waals surface area contributed by atoms with Crippen LogP contribution >= 0.6 is 0 Å². The third-order valence-corrected chi connectivity index (χ3v) is 4.99. The highest BCUT2D eigenvalue weighted by molar-refractivity contribution is 5.76. The van der Waals surface area contributed by atoms with E-state index in [9.17, 15) is 23.1 Å². The summed E-state index contributed by atoms with van der Waals surface area (Å²) in [4.78, 5) is 13.7. The van der Waals surface area contributed by atoms with Gasteiger partial charge in [-0.3, -0.25) is 4.79 Å². The molecule has 0 unspecified atom stereocenters. The molecular weight excluding hydrogens is 319 g/mol. The number of aliphatic hydroxyl groups is 1. The van der Waals surface area contributed by atoms with Crippen LogP contribution in [0.3, 0.4) is 0 Å². The molecule has 0 aromatic heterocycles. The van der Waals surface area contributed by atoms with E-state index >= 15 is 0 Å². The first kappa shape index (κ1) is 18.8. The highest BCUT2D eigenvalue weighted by atomic mass is 19.4. The SMILES string of the molecule is CC(C)(CCC(=O)N1CCC(O)(C(F)(F)F)CC1)c1ccccc1. The fourth-order valence-electron chi connectivity index (χ4n) is 3.02. The van der Waals surface area contributed by atoms with Crippen LogP contribution in [0.5, 0.6) is 0 Å². The van der Waals surface area contributed by atoms with Gasteiger partial charge in [0.15, 0.2) is 5.60 Å². The molecule has 1 amide bonds. The topological polar surface area (TPSA) is 40.5 Å². The molecule has 6 heteroatoms. The lowest BCUT2D eigenvalue weighted by atomic mass is 9.80. The standard InChI is InChI=1S/C18H24F3NO2/c1-16(2,14-6-4-3-5-7-14)9-8-15(23)22-12-10-17(24,11-13-22)18(19,20)21/h3-7,24H,8-13H2,1-2H3. The lowest BCUT2D eigenvalue weighted by Gasteiger charge is -2.39. The molecular formula is C18H24F3NO2. The first-order valence-corrected chi connectivity index (χ1v) is 8.18. The largest absolute Gasteiger partial charge is 0.417 e. The molecule has 0 spiro atoms. The van der Waals surface area contributed by atoms with Crippen LogP contribution in [0.25, 0.3) is 0 Å². The van der Waals surface area contributed by atoms with Gasteiger partial charge in [0.05, 0.1) is 0 Å². The molecule has 0 radical (unpaired) electrons. The van der Waals surface area contributed by atoms with Gasteiger partial charge in [-0.15, -0.1) is 0 Å². The van der Waals surface area contributed by atoms with Crippen molar-refractivity contribution in [2.24, 2.45) is 0 Å². The summed E-state index contributed by atoms with van der Waals surface area (Å²) >= 11 is 0. The lowest BCUT2D eigenvalue weighted by Crippen LogP contribution is -2.54. The molecule has 1 N–H and O–H groups in total. The second-order valence-electron chi connectivity index (χ2n) is 7.16. The predicted octanol–water partition coefficient (Wildman–Crippen LogP) is 3.66. The summed E-state index contributed by atoms with van der Waals surface area (Å²) in [6.07, 6.45) is -4.64. The second-order valence-corrected chi connectivity index (χ2v) is 7.16. The minimum absolute atomic E-state index is 0.0550. The average Bonchev–Trinajstić information content (AvgIpc) is 2.53. The summed E-state index contributed by atoms with van der Waals surface area (Å²) in [5.41, 5.74) is -1.71. The Morgan fingerprint density at radius 2 is 1.71 bits per heavy atom. The van der Waals surface area contributed by atoms with Crippen molar-refractivity contribution < 1.29 is 23.1 Å². The number of amides is 1. The smallest absolute Gasteiger partial charge is 0.380 e. The van der Waals surface area contributed by atoms with Gasteiger partial charge < -0.3 is 10.0 Å². The van der Waals surface area contributed by atoms with Gasteiger partial charge in [-0.2, -0.15) is 13.2 Å². The molecule has 1 fully saturated rings. The second kappa shape index (κ2) is 6.75. The van der Waals surface area contributed by atoms with Gasteiger partial charge in [-0.25, -0.2) is 0 Å². The highest BCUT2D eigenvalue weighted by Crippen LogP contribution is 2.38. The third-order valence-electron chi connectivity index (χ3n) is 4.99. The van der Waals surface area contributed by atoms with Crippen molar-refractivity contribution in [1.29, 1.82) is 0 Å². The summed E-state index contributed by atoms with van der Waals surface area (Å²) in [5.74, 6) is -0.150. The van der Waals surface area contributed by atoms with E-state index in [0.717, 1.165) is 5.56 Å². The zero-order valence-electron chi connectivity index (χ0n) is 14.1. The maximum atomic E-state index is 12.8. The van der Waals surface area contributed by atoms with Crippen molar-refractivity contribution in [2.75, 3.05) is 13.1 Å². The number of piperidine rings is 1. The van der Waals surface area contributed by atoms with Gasteiger partial charge in [0.1, 0.15) is 0 Å². The molecule has 2 rings (SSSR count). The summed E-state index contributed by atoms with van der Waals surface area (Å²) in [7, 11) is 0. The molecule has 3 nitrogen and oxygen atoms in total. The van der Waals surface area contributed by atoms with Gasteiger partial charge in [-0.05, 0) is 17.4 Å². The average molecular weight is 343 g/mol. The number of nitrogens with zero attached hydrogens (tertiary/aromatic N) is 1. The number of halogens is 3. The van der Waals surface area contributed by atoms with E-state index in [1.54, 1.807) is 0 Å². The molecule has 1 aromatic carbocycles. The van der Waals surface area contributed by atoms with Gasteiger partial charge in [-0.1, -0.05) is 44.2 Å². The molecule has 1 aliphatic heterocycles. The van der Waals surface area contributed by atoms with Gasteiger partial charge in [0, 0.05) is 32.4 Å². The van der Waals surface area contributed by atoms with Crippen LogP contribution < -0.4 is 0 Å². The summed E-state index contributed by atoms with van der Waals surface area (Å²) < 4.78 is 38.4. The van der Waals surface area contributed by atoms with Crippen molar-refractivity contribution in [2.45, 2.75) is 56.7 Å². The Bertz CT molecular complexity index is 561. The summed E-state index contributed by atoms with van der Waals surface area (Å²) in [6.45, 7) is 3.99. The molecule has 1 aliphatic rings. The Hall–Kier alpha value is -1.56. The molecule has 24 heavy (non-hydrogen) atoms. The van der Waals surface area contributed by atoms with Crippen LogP contribution in [-0.2, 0) is 10.2 Å². The molecule has 0 atom stereocenters. The Morgan fingerprint density at radius 3 is 2.21 bits per heavy atom. The van der Waals surface area contributed by atoms with Crippen molar-refractivity contribution in [3.05, 3.63) is 35.9 Å². The van der Waals surface area contributed by atoms with Crippen molar-refractivity contribution >= 4 is 5.91 Å². The Kier molecular flexibility index (Phi) is 5.28. The Labute approximate surface area is 140 Å².